The van der Waals surface area contributed by atoms with E-state index in [2.05, 4.69) is 36.2 Å². The first-order valence-electron chi connectivity index (χ1n) is 5.68. The summed E-state index contributed by atoms with van der Waals surface area (Å²) >= 11 is 4.10. The first-order chi connectivity index (χ1) is 9.79. The highest BCUT2D eigenvalue weighted by molar-refractivity contribution is 9.10. The predicted octanol–water partition coefficient (Wildman–Crippen LogP) is 2.37. The molecule has 1 amide bonds. The lowest BCUT2D eigenvalue weighted by atomic mass is 10.2. The molecule has 10 heteroatoms. The second-order valence-electron chi connectivity index (χ2n) is 4.10. The van der Waals surface area contributed by atoms with Crippen molar-refractivity contribution in [2.75, 3.05) is 10.0 Å². The largest absolute Gasteiger partial charge is 0.301 e. The number of nitrogens with one attached hydrogen (secondary N) is 2. The van der Waals surface area contributed by atoms with Crippen LogP contribution in [0.4, 0.5) is 10.8 Å². The minimum absolute atomic E-state index is 0.131. The Kier molecular flexibility index (Phi) is 4.59. The number of aryl methyl sites for hydroxylation is 1. The smallest absolute Gasteiger partial charge is 0.291 e. The molecule has 7 nitrogen and oxygen atoms in total. The van der Waals surface area contributed by atoms with E-state index >= 15 is 0 Å². The van der Waals surface area contributed by atoms with Gasteiger partial charge in [0, 0.05) is 11.4 Å². The highest BCUT2D eigenvalue weighted by Crippen LogP contribution is 2.29. The predicted molar refractivity (Wildman–Crippen MR) is 83.9 cm³/mol. The summed E-state index contributed by atoms with van der Waals surface area (Å²) in [5.41, 5.74) is 1.30. The van der Waals surface area contributed by atoms with Crippen LogP contribution < -0.4 is 10.0 Å². The first-order valence-corrected chi connectivity index (χ1v) is 8.78. The van der Waals surface area contributed by atoms with E-state index < -0.39 is 10.0 Å². The molecule has 0 radical (unpaired) electrons. The molecule has 0 saturated carbocycles. The summed E-state index contributed by atoms with van der Waals surface area (Å²) in [6.07, 6.45) is 0. The zero-order valence-electron chi connectivity index (χ0n) is 11.0. The quantitative estimate of drug-likeness (QED) is 0.780. The molecule has 0 aliphatic rings. The minimum atomic E-state index is -3.85. The summed E-state index contributed by atoms with van der Waals surface area (Å²) in [5, 5.41) is 9.70. The summed E-state index contributed by atoms with van der Waals surface area (Å²) < 4.78 is 27.3. The molecule has 112 valence electrons. The van der Waals surface area contributed by atoms with Crippen molar-refractivity contribution < 1.29 is 13.2 Å². The Morgan fingerprint density at radius 3 is 2.71 bits per heavy atom. The normalized spacial score (nSPS) is 11.2. The van der Waals surface area contributed by atoms with Gasteiger partial charge in [0.2, 0.25) is 11.0 Å². The van der Waals surface area contributed by atoms with Crippen molar-refractivity contribution in [1.82, 2.24) is 10.2 Å². The van der Waals surface area contributed by atoms with Crippen LogP contribution in [-0.4, -0.2) is 24.5 Å². The molecule has 1 heterocycles. The van der Waals surface area contributed by atoms with Gasteiger partial charge in [-0.25, -0.2) is 0 Å². The van der Waals surface area contributed by atoms with Crippen molar-refractivity contribution in [3.63, 3.8) is 0 Å². The summed E-state index contributed by atoms with van der Waals surface area (Å²) in [4.78, 5) is 10.9. The zero-order chi connectivity index (χ0) is 15.6. The van der Waals surface area contributed by atoms with Crippen molar-refractivity contribution in [3.8, 4) is 0 Å². The van der Waals surface area contributed by atoms with E-state index in [1.807, 2.05) is 13.0 Å². The number of carbonyl (C=O) groups excluding carboxylic acids is 1. The molecule has 0 aliphatic carbocycles. The topological polar surface area (TPSA) is 101 Å². The van der Waals surface area contributed by atoms with Crippen molar-refractivity contribution in [1.29, 1.82) is 0 Å². The van der Waals surface area contributed by atoms with Gasteiger partial charge in [-0.2, -0.15) is 8.42 Å². The highest BCUT2D eigenvalue weighted by Gasteiger charge is 2.21. The number of nitrogens with zero attached hydrogens (tertiary/aromatic N) is 2. The van der Waals surface area contributed by atoms with Gasteiger partial charge in [0.15, 0.2) is 0 Å². The molecule has 0 fully saturated rings. The van der Waals surface area contributed by atoms with E-state index in [1.165, 1.54) is 6.92 Å². The Morgan fingerprint density at radius 1 is 1.33 bits per heavy atom. The lowest BCUT2D eigenvalue weighted by molar-refractivity contribution is -0.114. The SMILES string of the molecule is CC(=O)Nc1nnc(S(=O)(=O)Nc2cccc(C)c2Br)s1. The van der Waals surface area contributed by atoms with Gasteiger partial charge in [0.05, 0.1) is 5.69 Å². The van der Waals surface area contributed by atoms with E-state index in [-0.39, 0.29) is 15.4 Å². The average Bonchev–Trinajstić information content (AvgIpc) is 2.83. The lowest BCUT2D eigenvalue weighted by Gasteiger charge is -2.08. The molecule has 0 saturated heterocycles. The molecule has 0 aliphatic heterocycles. The van der Waals surface area contributed by atoms with Crippen LogP contribution in [0.25, 0.3) is 0 Å². The third-order valence-corrected chi connectivity index (χ3v) is 5.98. The first kappa shape index (κ1) is 15.9. The maximum atomic E-state index is 12.2. The number of anilines is 2. The number of rotatable bonds is 4. The van der Waals surface area contributed by atoms with Gasteiger partial charge in [0.25, 0.3) is 14.4 Å². The number of carbonyl (C=O) groups is 1. The Hall–Kier alpha value is -1.52. The van der Waals surface area contributed by atoms with Crippen LogP contribution in [0.3, 0.4) is 0 Å². The van der Waals surface area contributed by atoms with Gasteiger partial charge >= 0.3 is 0 Å². The molecule has 2 N–H and O–H groups in total. The fraction of sp³-hybridized carbons (Fsp3) is 0.182. The number of amides is 1. The molecule has 21 heavy (non-hydrogen) atoms. The third kappa shape index (κ3) is 3.77. The van der Waals surface area contributed by atoms with Gasteiger partial charge in [-0.05, 0) is 34.5 Å². The molecule has 0 atom stereocenters. The number of aromatic nitrogens is 2. The van der Waals surface area contributed by atoms with Crippen LogP contribution in [0.2, 0.25) is 0 Å². The van der Waals surface area contributed by atoms with Crippen LogP contribution in [0.15, 0.2) is 27.0 Å². The minimum Gasteiger partial charge on any atom is -0.301 e. The van der Waals surface area contributed by atoms with E-state index in [4.69, 9.17) is 0 Å². The molecule has 0 unspecified atom stereocenters. The highest BCUT2D eigenvalue weighted by atomic mass is 79.9. The Balaban J connectivity index is 2.28. The summed E-state index contributed by atoms with van der Waals surface area (Å²) in [6, 6.07) is 5.22. The van der Waals surface area contributed by atoms with Crippen LogP contribution in [-0.2, 0) is 14.8 Å². The molecule has 2 rings (SSSR count). The fourth-order valence-corrected chi connectivity index (χ4v) is 3.95. The number of benzene rings is 1. The van der Waals surface area contributed by atoms with Crippen LogP contribution >= 0.6 is 27.3 Å². The van der Waals surface area contributed by atoms with Crippen LogP contribution in [0.5, 0.6) is 0 Å². The Bertz CT molecular complexity index is 789. The van der Waals surface area contributed by atoms with Crippen molar-refractivity contribution in [3.05, 3.63) is 28.2 Å². The van der Waals surface area contributed by atoms with Gasteiger partial charge in [-0.15, -0.1) is 10.2 Å². The van der Waals surface area contributed by atoms with Gasteiger partial charge in [0.1, 0.15) is 0 Å². The molecular formula is C11H11BrN4O3S2. The van der Waals surface area contributed by atoms with E-state index in [9.17, 15) is 13.2 Å². The van der Waals surface area contributed by atoms with Crippen LogP contribution in [0, 0.1) is 6.92 Å². The maximum absolute atomic E-state index is 12.2. The number of hydrogen-bond donors (Lipinski definition) is 2. The molecule has 1 aromatic heterocycles. The molecule has 2 aromatic rings. The summed E-state index contributed by atoms with van der Waals surface area (Å²) in [6.45, 7) is 3.15. The van der Waals surface area contributed by atoms with Gasteiger partial charge in [-0.1, -0.05) is 23.5 Å². The molecule has 1 aromatic carbocycles. The summed E-state index contributed by atoms with van der Waals surface area (Å²) in [7, 11) is -3.85. The van der Waals surface area contributed by atoms with Crippen molar-refractivity contribution >= 4 is 54.0 Å². The maximum Gasteiger partial charge on any atom is 0.291 e. The Morgan fingerprint density at radius 2 is 2.05 bits per heavy atom. The van der Waals surface area contributed by atoms with E-state index in [1.54, 1.807) is 12.1 Å². The monoisotopic (exact) mass is 390 g/mol. The van der Waals surface area contributed by atoms with E-state index in [0.29, 0.717) is 10.2 Å². The second-order valence-corrected chi connectivity index (χ2v) is 7.72. The Labute approximate surface area is 134 Å². The number of sulfonamides is 1. The lowest BCUT2D eigenvalue weighted by Crippen LogP contribution is -2.13. The van der Waals surface area contributed by atoms with E-state index in [0.717, 1.165) is 16.9 Å². The molecule has 0 bridgehead atoms. The van der Waals surface area contributed by atoms with Crippen molar-refractivity contribution in [2.45, 2.75) is 18.2 Å². The standard InChI is InChI=1S/C11H11BrN4O3S2/c1-6-4-3-5-8(9(6)12)16-21(18,19)11-15-14-10(20-11)13-7(2)17/h3-5,16H,1-2H3,(H,13,14,17). The zero-order valence-corrected chi connectivity index (χ0v) is 14.3. The van der Waals surface area contributed by atoms with Crippen molar-refractivity contribution in [2.24, 2.45) is 0 Å². The summed E-state index contributed by atoms with van der Waals surface area (Å²) in [5.74, 6) is -0.343. The van der Waals surface area contributed by atoms with Crippen LogP contribution in [0.1, 0.15) is 12.5 Å². The second kappa shape index (κ2) is 6.08. The molecule has 0 spiro atoms. The third-order valence-electron chi connectivity index (χ3n) is 2.36. The van der Waals surface area contributed by atoms with Gasteiger partial charge < -0.3 is 5.32 Å². The molecular weight excluding hydrogens is 380 g/mol. The number of hydrogen-bond acceptors (Lipinski definition) is 6. The number of halogens is 1. The fourth-order valence-electron chi connectivity index (χ4n) is 1.43. The average molecular weight is 391 g/mol. The van der Waals surface area contributed by atoms with Gasteiger partial charge in [-0.3, -0.25) is 9.52 Å².